The van der Waals surface area contributed by atoms with Crippen LogP contribution in [0.5, 0.6) is 0 Å². The van der Waals surface area contributed by atoms with E-state index < -0.39 is 0 Å². The van der Waals surface area contributed by atoms with Crippen molar-refractivity contribution in [3.63, 3.8) is 0 Å². The van der Waals surface area contributed by atoms with Crippen LogP contribution < -0.4 is 5.32 Å². The number of tetrazole rings is 1. The molecule has 0 saturated heterocycles. The summed E-state index contributed by atoms with van der Waals surface area (Å²) in [7, 11) is 0. The van der Waals surface area contributed by atoms with Crippen LogP contribution in [0.25, 0.3) is 5.65 Å². The molecule has 0 saturated carbocycles. The van der Waals surface area contributed by atoms with Crippen molar-refractivity contribution in [2.45, 2.75) is 13.0 Å². The third-order valence-corrected chi connectivity index (χ3v) is 2.59. The molecule has 0 atom stereocenters. The van der Waals surface area contributed by atoms with Crippen LogP contribution in [0.15, 0.2) is 30.6 Å². The first-order valence-electron chi connectivity index (χ1n) is 5.73. The summed E-state index contributed by atoms with van der Waals surface area (Å²) >= 11 is 0. The first-order valence-corrected chi connectivity index (χ1v) is 5.73. The topological polar surface area (TPSA) is 101 Å². The third-order valence-electron chi connectivity index (χ3n) is 2.59. The van der Waals surface area contributed by atoms with Crippen LogP contribution in [0.2, 0.25) is 0 Å². The molecular weight excluding hydrogens is 246 g/mol. The largest absolute Gasteiger partial charge is 0.348 e. The number of carbonyl (C=O) groups excluding carboxylic acids is 1. The van der Waals surface area contributed by atoms with Crippen LogP contribution in [-0.2, 0) is 17.8 Å². The Morgan fingerprint density at radius 1 is 1.42 bits per heavy atom. The molecule has 19 heavy (non-hydrogen) atoms. The predicted molar refractivity (Wildman–Crippen MR) is 64.9 cm³/mol. The molecule has 0 aliphatic rings. The second-order valence-electron chi connectivity index (χ2n) is 3.98. The van der Waals surface area contributed by atoms with E-state index in [0.717, 1.165) is 11.3 Å². The zero-order chi connectivity index (χ0) is 13.1. The molecule has 3 rings (SSSR count). The number of aromatic nitrogens is 6. The normalized spacial score (nSPS) is 10.7. The second kappa shape index (κ2) is 4.84. The van der Waals surface area contributed by atoms with Gasteiger partial charge in [-0.15, -0.1) is 10.2 Å². The minimum Gasteiger partial charge on any atom is -0.348 e. The Bertz CT molecular complexity index is 655. The van der Waals surface area contributed by atoms with E-state index in [0.29, 0.717) is 5.82 Å². The minimum atomic E-state index is -0.131. The van der Waals surface area contributed by atoms with Crippen molar-refractivity contribution in [1.29, 1.82) is 0 Å². The average Bonchev–Trinajstić information content (AvgIpc) is 3.04. The molecule has 8 heteroatoms. The fraction of sp³-hybridized carbons (Fsp3) is 0.182. The number of nitrogens with zero attached hydrogens (tertiary/aromatic N) is 5. The minimum absolute atomic E-state index is 0.131. The lowest BCUT2D eigenvalue weighted by Gasteiger charge is -1.99. The summed E-state index contributed by atoms with van der Waals surface area (Å²) in [6, 6.07) is 5.71. The van der Waals surface area contributed by atoms with Gasteiger partial charge in [-0.05, 0) is 12.1 Å². The highest BCUT2D eigenvalue weighted by molar-refractivity contribution is 5.78. The van der Waals surface area contributed by atoms with Crippen molar-refractivity contribution < 1.29 is 4.79 Å². The van der Waals surface area contributed by atoms with E-state index in [-0.39, 0.29) is 18.9 Å². The maximum Gasteiger partial charge on any atom is 0.226 e. The van der Waals surface area contributed by atoms with Crippen LogP contribution in [-0.4, -0.2) is 35.9 Å². The molecule has 0 aliphatic carbocycles. The SMILES string of the molecule is O=C(Cc1cn2ccccc2n1)NCc1nn[nH]n1. The highest BCUT2D eigenvalue weighted by Crippen LogP contribution is 2.04. The molecule has 0 bridgehead atoms. The van der Waals surface area contributed by atoms with Crippen molar-refractivity contribution in [3.05, 3.63) is 42.1 Å². The third kappa shape index (κ3) is 2.57. The number of pyridine rings is 1. The molecule has 96 valence electrons. The molecule has 0 fully saturated rings. The molecule has 1 amide bonds. The lowest BCUT2D eigenvalue weighted by Crippen LogP contribution is -2.25. The average molecular weight is 257 g/mol. The van der Waals surface area contributed by atoms with E-state index in [2.05, 4.69) is 30.9 Å². The number of imidazole rings is 1. The van der Waals surface area contributed by atoms with E-state index in [4.69, 9.17) is 0 Å². The second-order valence-corrected chi connectivity index (χ2v) is 3.98. The summed E-state index contributed by atoms with van der Waals surface area (Å²) in [6.45, 7) is 0.253. The molecule has 0 radical (unpaired) electrons. The maximum atomic E-state index is 11.7. The van der Waals surface area contributed by atoms with Crippen LogP contribution in [0.3, 0.4) is 0 Å². The molecule has 0 aromatic carbocycles. The van der Waals surface area contributed by atoms with Crippen LogP contribution in [0.4, 0.5) is 0 Å². The molecule has 0 unspecified atom stereocenters. The number of H-pyrrole nitrogens is 1. The van der Waals surface area contributed by atoms with Crippen LogP contribution in [0, 0.1) is 0 Å². The number of nitrogens with one attached hydrogen (secondary N) is 2. The standard InChI is InChI=1S/C11H11N7O/c19-11(12-6-9-14-16-17-15-9)5-8-7-18-4-2-1-3-10(18)13-8/h1-4,7H,5-6H2,(H,12,19)(H,14,15,16,17). The van der Waals surface area contributed by atoms with Gasteiger partial charge in [0, 0.05) is 12.4 Å². The lowest BCUT2D eigenvalue weighted by molar-refractivity contribution is -0.120. The summed E-state index contributed by atoms with van der Waals surface area (Å²) in [6.07, 6.45) is 3.95. The molecule has 2 N–H and O–H groups in total. The first kappa shape index (κ1) is 11.3. The number of fused-ring (bicyclic) bond motifs is 1. The molecule has 3 heterocycles. The van der Waals surface area contributed by atoms with E-state index in [1.807, 2.05) is 35.0 Å². The lowest BCUT2D eigenvalue weighted by atomic mass is 10.3. The van der Waals surface area contributed by atoms with Gasteiger partial charge >= 0.3 is 0 Å². The van der Waals surface area contributed by atoms with Crippen molar-refractivity contribution in [3.8, 4) is 0 Å². The van der Waals surface area contributed by atoms with Crippen LogP contribution >= 0.6 is 0 Å². The van der Waals surface area contributed by atoms with Gasteiger partial charge in [0.05, 0.1) is 18.7 Å². The number of carbonyl (C=O) groups is 1. The van der Waals surface area contributed by atoms with Gasteiger partial charge in [-0.25, -0.2) is 4.98 Å². The number of aromatic amines is 1. The highest BCUT2D eigenvalue weighted by Gasteiger charge is 2.08. The van der Waals surface area contributed by atoms with Crippen molar-refractivity contribution in [1.82, 2.24) is 35.3 Å². The Kier molecular flexibility index (Phi) is 2.89. The van der Waals surface area contributed by atoms with Crippen molar-refractivity contribution in [2.75, 3.05) is 0 Å². The number of amides is 1. The Balaban J connectivity index is 1.62. The van der Waals surface area contributed by atoms with E-state index in [1.54, 1.807) is 0 Å². The van der Waals surface area contributed by atoms with Crippen molar-refractivity contribution >= 4 is 11.6 Å². The number of hydrogen-bond donors (Lipinski definition) is 2. The fourth-order valence-corrected chi connectivity index (χ4v) is 1.73. The number of hydrogen-bond acceptors (Lipinski definition) is 5. The summed E-state index contributed by atoms with van der Waals surface area (Å²) < 4.78 is 1.88. The Morgan fingerprint density at radius 2 is 2.37 bits per heavy atom. The summed E-state index contributed by atoms with van der Waals surface area (Å²) in [5.41, 5.74) is 1.54. The van der Waals surface area contributed by atoms with Gasteiger partial charge in [-0.2, -0.15) is 5.21 Å². The zero-order valence-corrected chi connectivity index (χ0v) is 9.95. The Labute approximate surface area is 107 Å². The van der Waals surface area contributed by atoms with Gasteiger partial charge in [-0.3, -0.25) is 4.79 Å². The monoisotopic (exact) mass is 257 g/mol. The molecule has 3 aromatic rings. The zero-order valence-electron chi connectivity index (χ0n) is 9.95. The summed E-state index contributed by atoms with van der Waals surface area (Å²) in [4.78, 5) is 16.1. The van der Waals surface area contributed by atoms with Gasteiger partial charge in [0.15, 0.2) is 5.82 Å². The van der Waals surface area contributed by atoms with Gasteiger partial charge in [0.2, 0.25) is 5.91 Å². The Hall–Kier alpha value is -2.77. The maximum absolute atomic E-state index is 11.7. The molecule has 0 spiro atoms. The molecule has 8 nitrogen and oxygen atoms in total. The van der Waals surface area contributed by atoms with Crippen LogP contribution in [0.1, 0.15) is 11.5 Å². The molecule has 3 aromatic heterocycles. The summed E-state index contributed by atoms with van der Waals surface area (Å²) in [5.74, 6) is 0.316. The van der Waals surface area contributed by atoms with Gasteiger partial charge in [-0.1, -0.05) is 11.3 Å². The highest BCUT2D eigenvalue weighted by atomic mass is 16.1. The molecular formula is C11H11N7O. The number of rotatable bonds is 4. The fourth-order valence-electron chi connectivity index (χ4n) is 1.73. The first-order chi connectivity index (χ1) is 9.31. The molecule has 0 aliphatic heterocycles. The predicted octanol–water partition coefficient (Wildman–Crippen LogP) is -0.294. The van der Waals surface area contributed by atoms with E-state index in [9.17, 15) is 4.79 Å². The summed E-state index contributed by atoms with van der Waals surface area (Å²) in [5, 5.41) is 15.9. The van der Waals surface area contributed by atoms with E-state index >= 15 is 0 Å². The smallest absolute Gasteiger partial charge is 0.226 e. The van der Waals surface area contributed by atoms with Crippen molar-refractivity contribution in [2.24, 2.45) is 0 Å². The quantitative estimate of drug-likeness (QED) is 0.668. The Morgan fingerprint density at radius 3 is 3.16 bits per heavy atom. The van der Waals surface area contributed by atoms with E-state index in [1.165, 1.54) is 0 Å². The van der Waals surface area contributed by atoms with Gasteiger partial charge < -0.3 is 9.72 Å². The van der Waals surface area contributed by atoms with Gasteiger partial charge in [0.25, 0.3) is 0 Å². The van der Waals surface area contributed by atoms with Gasteiger partial charge in [0.1, 0.15) is 5.65 Å².